The number of hydrogen-bond acceptors (Lipinski definition) is 6. The summed E-state index contributed by atoms with van der Waals surface area (Å²) < 4.78 is 5.44. The normalized spacial score (nSPS) is 16.6. The summed E-state index contributed by atoms with van der Waals surface area (Å²) in [5.41, 5.74) is 1.81. The molecule has 36 heavy (non-hydrogen) atoms. The highest BCUT2D eigenvalue weighted by Crippen LogP contribution is 2.29. The number of methoxy groups -OCH3 is 1. The fourth-order valence-electron chi connectivity index (χ4n) is 4.33. The molecule has 2 aliphatic rings. The van der Waals surface area contributed by atoms with E-state index in [1.165, 1.54) is 18.1 Å². The van der Waals surface area contributed by atoms with Gasteiger partial charge in [-0.15, -0.1) is 0 Å². The lowest BCUT2D eigenvalue weighted by atomic mass is 10.0. The van der Waals surface area contributed by atoms with Crippen molar-refractivity contribution in [1.29, 1.82) is 0 Å². The first-order valence-corrected chi connectivity index (χ1v) is 12.3. The van der Waals surface area contributed by atoms with Gasteiger partial charge in [-0.3, -0.25) is 34.3 Å². The SMILES string of the molecule is CCCCCCN1C(=O)C(=Cc2ccc(OC)c(CN3C(=O)c4ccccc4C3=O)c2)C(=O)NC1=S. The summed E-state index contributed by atoms with van der Waals surface area (Å²) >= 11 is 5.22. The molecule has 0 spiro atoms. The smallest absolute Gasteiger partial charge is 0.265 e. The standard InChI is InChI=1S/C27H27N3O5S/c1-3-4-5-8-13-29-26(34)21(23(31)28-27(29)36)15-17-11-12-22(35-2)18(14-17)16-30-24(32)19-9-6-7-10-20(19)25(30)33/h6-7,9-12,14-15H,3-5,8,13,16H2,1-2H3,(H,28,31,36). The Kier molecular flexibility index (Phi) is 7.59. The van der Waals surface area contributed by atoms with E-state index in [0.29, 0.717) is 34.5 Å². The Hall–Kier alpha value is -3.85. The van der Waals surface area contributed by atoms with Crippen molar-refractivity contribution in [2.75, 3.05) is 13.7 Å². The van der Waals surface area contributed by atoms with E-state index in [1.807, 2.05) is 0 Å². The molecule has 1 saturated heterocycles. The minimum Gasteiger partial charge on any atom is -0.496 e. The maximum absolute atomic E-state index is 13.1. The number of nitrogens with one attached hydrogen (secondary N) is 1. The fraction of sp³-hybridized carbons (Fsp3) is 0.296. The first-order chi connectivity index (χ1) is 17.3. The molecule has 2 aromatic rings. The quantitative estimate of drug-likeness (QED) is 0.184. The largest absolute Gasteiger partial charge is 0.496 e. The highest BCUT2D eigenvalue weighted by atomic mass is 32.1. The van der Waals surface area contributed by atoms with E-state index in [-0.39, 0.29) is 29.0 Å². The lowest BCUT2D eigenvalue weighted by Gasteiger charge is -2.29. The second-order valence-corrected chi connectivity index (χ2v) is 9.03. The van der Waals surface area contributed by atoms with Gasteiger partial charge in [-0.05, 0) is 54.5 Å². The zero-order valence-corrected chi connectivity index (χ0v) is 21.0. The Bertz CT molecular complexity index is 1250. The number of amides is 4. The number of nitrogens with zero attached hydrogens (tertiary/aromatic N) is 2. The predicted molar refractivity (Wildman–Crippen MR) is 138 cm³/mol. The van der Waals surface area contributed by atoms with Crippen molar-refractivity contribution in [2.24, 2.45) is 0 Å². The fourth-order valence-corrected chi connectivity index (χ4v) is 4.59. The zero-order valence-electron chi connectivity index (χ0n) is 20.2. The highest BCUT2D eigenvalue weighted by Gasteiger charge is 2.36. The Morgan fingerprint density at radius 2 is 1.61 bits per heavy atom. The van der Waals surface area contributed by atoms with Crippen LogP contribution in [0.15, 0.2) is 48.0 Å². The molecule has 0 atom stereocenters. The van der Waals surface area contributed by atoms with E-state index in [4.69, 9.17) is 17.0 Å². The van der Waals surface area contributed by atoms with Crippen molar-refractivity contribution in [1.82, 2.24) is 15.1 Å². The number of hydrogen-bond donors (Lipinski definition) is 1. The minimum atomic E-state index is -0.562. The van der Waals surface area contributed by atoms with Crippen LogP contribution in [0.5, 0.6) is 5.75 Å². The van der Waals surface area contributed by atoms with Gasteiger partial charge in [0.25, 0.3) is 23.6 Å². The molecule has 186 valence electrons. The number of carbonyl (C=O) groups is 4. The van der Waals surface area contributed by atoms with Crippen LogP contribution >= 0.6 is 12.2 Å². The van der Waals surface area contributed by atoms with Gasteiger partial charge >= 0.3 is 0 Å². The van der Waals surface area contributed by atoms with Crippen LogP contribution in [0.25, 0.3) is 6.08 Å². The van der Waals surface area contributed by atoms with Crippen molar-refractivity contribution in [3.8, 4) is 5.75 Å². The monoisotopic (exact) mass is 505 g/mol. The van der Waals surface area contributed by atoms with Crippen LogP contribution < -0.4 is 10.1 Å². The highest BCUT2D eigenvalue weighted by molar-refractivity contribution is 7.80. The molecular weight excluding hydrogens is 478 g/mol. The summed E-state index contributed by atoms with van der Waals surface area (Å²) in [6.07, 6.45) is 5.38. The van der Waals surface area contributed by atoms with Gasteiger partial charge in [0.05, 0.1) is 24.8 Å². The summed E-state index contributed by atoms with van der Waals surface area (Å²) in [7, 11) is 1.49. The van der Waals surface area contributed by atoms with Gasteiger partial charge in [-0.2, -0.15) is 0 Å². The Morgan fingerprint density at radius 3 is 2.25 bits per heavy atom. The van der Waals surface area contributed by atoms with Crippen molar-refractivity contribution < 1.29 is 23.9 Å². The summed E-state index contributed by atoms with van der Waals surface area (Å²) in [5, 5.41) is 2.71. The molecule has 2 aliphatic heterocycles. The molecule has 1 N–H and O–H groups in total. The lowest BCUT2D eigenvalue weighted by molar-refractivity contribution is -0.128. The van der Waals surface area contributed by atoms with Crippen molar-refractivity contribution in [3.63, 3.8) is 0 Å². The molecule has 0 aromatic heterocycles. The first kappa shape index (κ1) is 25.2. The van der Waals surface area contributed by atoms with E-state index < -0.39 is 11.8 Å². The molecule has 0 bridgehead atoms. The van der Waals surface area contributed by atoms with Crippen LogP contribution in [-0.4, -0.2) is 52.2 Å². The van der Waals surface area contributed by atoms with Gasteiger partial charge in [0.2, 0.25) is 0 Å². The minimum absolute atomic E-state index is 0.0136. The first-order valence-electron chi connectivity index (χ1n) is 11.9. The molecule has 4 amide bonds. The molecule has 2 aromatic carbocycles. The maximum atomic E-state index is 13.1. The van der Waals surface area contributed by atoms with E-state index >= 15 is 0 Å². The summed E-state index contributed by atoms with van der Waals surface area (Å²) in [6, 6.07) is 11.8. The zero-order chi connectivity index (χ0) is 25.8. The van der Waals surface area contributed by atoms with E-state index in [0.717, 1.165) is 30.6 Å². The van der Waals surface area contributed by atoms with Crippen LogP contribution in [-0.2, 0) is 16.1 Å². The maximum Gasteiger partial charge on any atom is 0.265 e. The molecule has 0 radical (unpaired) electrons. The molecule has 4 rings (SSSR count). The van der Waals surface area contributed by atoms with Gasteiger partial charge < -0.3 is 4.74 Å². The third-order valence-corrected chi connectivity index (χ3v) is 6.57. The topological polar surface area (TPSA) is 96.0 Å². The third kappa shape index (κ3) is 4.92. The molecule has 1 fully saturated rings. The van der Waals surface area contributed by atoms with Gasteiger partial charge in [0.1, 0.15) is 11.3 Å². The third-order valence-electron chi connectivity index (χ3n) is 6.24. The summed E-state index contributed by atoms with van der Waals surface area (Å²) in [5.74, 6) is -1.29. The second kappa shape index (κ2) is 10.8. The number of benzene rings is 2. The number of fused-ring (bicyclic) bond motifs is 1. The Morgan fingerprint density at radius 1 is 0.917 bits per heavy atom. The molecular formula is C27H27N3O5S. The molecule has 9 heteroatoms. The number of thiocarbonyl (C=S) groups is 1. The van der Waals surface area contributed by atoms with Gasteiger partial charge in [-0.25, -0.2) is 0 Å². The van der Waals surface area contributed by atoms with Gasteiger partial charge in [0.15, 0.2) is 5.11 Å². The number of carbonyl (C=O) groups excluding carboxylic acids is 4. The van der Waals surface area contributed by atoms with E-state index in [9.17, 15) is 19.2 Å². The number of rotatable bonds is 9. The van der Waals surface area contributed by atoms with Crippen LogP contribution in [0.1, 0.15) is 64.4 Å². The summed E-state index contributed by atoms with van der Waals surface area (Å²) in [6.45, 7) is 2.53. The number of ether oxygens (including phenoxy) is 1. The van der Waals surface area contributed by atoms with Crippen molar-refractivity contribution in [2.45, 2.75) is 39.2 Å². The Labute approximate surface area is 214 Å². The second-order valence-electron chi connectivity index (χ2n) is 8.65. The average molecular weight is 506 g/mol. The predicted octanol–water partition coefficient (Wildman–Crippen LogP) is 3.70. The molecule has 0 unspecified atom stereocenters. The van der Waals surface area contributed by atoms with Crippen LogP contribution in [0.3, 0.4) is 0 Å². The summed E-state index contributed by atoms with van der Waals surface area (Å²) in [4.78, 5) is 53.9. The van der Waals surface area contributed by atoms with E-state index in [1.54, 1.807) is 42.5 Å². The van der Waals surface area contributed by atoms with Gasteiger partial charge in [-0.1, -0.05) is 44.4 Å². The van der Waals surface area contributed by atoms with Crippen molar-refractivity contribution >= 4 is 47.0 Å². The average Bonchev–Trinajstić information content (AvgIpc) is 3.11. The Balaban J connectivity index is 1.59. The van der Waals surface area contributed by atoms with Crippen LogP contribution in [0.4, 0.5) is 0 Å². The molecule has 2 heterocycles. The van der Waals surface area contributed by atoms with E-state index in [2.05, 4.69) is 12.2 Å². The molecule has 8 nitrogen and oxygen atoms in total. The van der Waals surface area contributed by atoms with Crippen LogP contribution in [0, 0.1) is 0 Å². The number of unbranched alkanes of at least 4 members (excludes halogenated alkanes) is 3. The molecule has 0 aliphatic carbocycles. The number of imide groups is 1. The van der Waals surface area contributed by atoms with Crippen molar-refractivity contribution in [3.05, 3.63) is 70.3 Å². The van der Waals surface area contributed by atoms with Crippen LogP contribution in [0.2, 0.25) is 0 Å². The molecule has 0 saturated carbocycles. The lowest BCUT2D eigenvalue weighted by Crippen LogP contribution is -2.54. The van der Waals surface area contributed by atoms with Gasteiger partial charge in [0, 0.05) is 12.1 Å².